The number of phenols is 2. The van der Waals surface area contributed by atoms with Gasteiger partial charge in [0, 0.05) is 12.1 Å². The van der Waals surface area contributed by atoms with E-state index in [1.54, 1.807) is 6.07 Å². The van der Waals surface area contributed by atoms with Crippen LogP contribution < -0.4 is 5.32 Å². The summed E-state index contributed by atoms with van der Waals surface area (Å²) in [5.41, 5.74) is 0.753. The lowest BCUT2D eigenvalue weighted by Gasteiger charge is -2.12. The first-order valence-corrected chi connectivity index (χ1v) is 5.89. The maximum Gasteiger partial charge on any atom is 0.161 e. The molecule has 1 aliphatic rings. The van der Waals surface area contributed by atoms with E-state index in [1.165, 1.54) is 18.9 Å². The van der Waals surface area contributed by atoms with E-state index in [1.807, 2.05) is 6.07 Å². The van der Waals surface area contributed by atoms with Crippen molar-refractivity contribution >= 4 is 0 Å². The fourth-order valence-electron chi connectivity index (χ4n) is 1.99. The summed E-state index contributed by atoms with van der Waals surface area (Å²) in [6.07, 6.45) is 2.72. The summed E-state index contributed by atoms with van der Waals surface area (Å²) in [5, 5.41) is 22.2. The quantitative estimate of drug-likeness (QED) is 0.668. The summed E-state index contributed by atoms with van der Waals surface area (Å²) in [5.74, 6) is 1.55. The summed E-state index contributed by atoms with van der Waals surface area (Å²) in [4.78, 5) is 0. The molecule has 0 spiro atoms. The fraction of sp³-hybridized carbons (Fsp3) is 0.538. The molecule has 0 bridgehead atoms. The van der Waals surface area contributed by atoms with E-state index in [0.29, 0.717) is 12.5 Å². The molecule has 1 aliphatic carbocycles. The number of benzene rings is 1. The molecule has 0 saturated heterocycles. The van der Waals surface area contributed by atoms with Crippen molar-refractivity contribution in [2.45, 2.75) is 26.3 Å². The number of phenolic OH excluding ortho intramolecular Hbond substituents is 2. The van der Waals surface area contributed by atoms with Crippen molar-refractivity contribution in [2.24, 2.45) is 11.8 Å². The predicted octanol–water partition coefficient (Wildman–Crippen LogP) is 2.23. The van der Waals surface area contributed by atoms with Gasteiger partial charge in [-0.05, 0) is 37.3 Å². The number of para-hydroxylation sites is 1. The molecule has 16 heavy (non-hydrogen) atoms. The van der Waals surface area contributed by atoms with Crippen molar-refractivity contribution in [1.29, 1.82) is 0 Å². The highest BCUT2D eigenvalue weighted by atomic mass is 16.3. The van der Waals surface area contributed by atoms with Gasteiger partial charge in [0.1, 0.15) is 0 Å². The molecule has 1 saturated carbocycles. The van der Waals surface area contributed by atoms with Crippen LogP contribution in [-0.4, -0.2) is 16.8 Å². The summed E-state index contributed by atoms with van der Waals surface area (Å²) in [6, 6.07) is 5.06. The first-order chi connectivity index (χ1) is 7.68. The van der Waals surface area contributed by atoms with Gasteiger partial charge in [-0.1, -0.05) is 19.1 Å². The second-order valence-electron chi connectivity index (χ2n) is 4.73. The standard InChI is InChI=1S/C13H19NO2/c1-9(10-5-6-10)7-14-8-11-3-2-4-12(15)13(11)16/h2-4,9-10,14-16H,5-8H2,1H3. The Balaban J connectivity index is 1.82. The molecule has 0 radical (unpaired) electrons. The lowest BCUT2D eigenvalue weighted by molar-refractivity contribution is 0.395. The van der Waals surface area contributed by atoms with Gasteiger partial charge in [0.05, 0.1) is 0 Å². The number of rotatable bonds is 5. The molecule has 1 aromatic carbocycles. The molecule has 0 amide bonds. The van der Waals surface area contributed by atoms with Gasteiger partial charge in [0.15, 0.2) is 11.5 Å². The van der Waals surface area contributed by atoms with Gasteiger partial charge >= 0.3 is 0 Å². The summed E-state index contributed by atoms with van der Waals surface area (Å²) in [6.45, 7) is 3.84. The molecule has 3 N–H and O–H groups in total. The Morgan fingerprint density at radius 3 is 2.81 bits per heavy atom. The first kappa shape index (κ1) is 11.3. The average molecular weight is 221 g/mol. The highest BCUT2D eigenvalue weighted by molar-refractivity contribution is 5.44. The van der Waals surface area contributed by atoms with Gasteiger partial charge in [-0.25, -0.2) is 0 Å². The van der Waals surface area contributed by atoms with E-state index in [0.717, 1.165) is 18.0 Å². The minimum atomic E-state index is -0.0467. The van der Waals surface area contributed by atoms with Gasteiger partial charge in [0.2, 0.25) is 0 Å². The Morgan fingerprint density at radius 2 is 2.12 bits per heavy atom. The van der Waals surface area contributed by atoms with Gasteiger partial charge in [-0.2, -0.15) is 0 Å². The van der Waals surface area contributed by atoms with E-state index in [4.69, 9.17) is 0 Å². The maximum absolute atomic E-state index is 9.59. The zero-order chi connectivity index (χ0) is 11.5. The zero-order valence-electron chi connectivity index (χ0n) is 9.61. The summed E-state index contributed by atoms with van der Waals surface area (Å²) in [7, 11) is 0. The highest BCUT2D eigenvalue weighted by Gasteiger charge is 2.27. The number of aromatic hydroxyl groups is 2. The third-order valence-electron chi connectivity index (χ3n) is 3.31. The third-order valence-corrected chi connectivity index (χ3v) is 3.31. The molecule has 3 heteroatoms. The monoisotopic (exact) mass is 221 g/mol. The van der Waals surface area contributed by atoms with Gasteiger partial charge in [0.25, 0.3) is 0 Å². The summed E-state index contributed by atoms with van der Waals surface area (Å²) >= 11 is 0. The van der Waals surface area contributed by atoms with Gasteiger partial charge in [-0.3, -0.25) is 0 Å². The molecule has 0 aromatic heterocycles. The molecular weight excluding hydrogens is 202 g/mol. The number of hydrogen-bond acceptors (Lipinski definition) is 3. The van der Waals surface area contributed by atoms with Crippen LogP contribution in [0.3, 0.4) is 0 Å². The lowest BCUT2D eigenvalue weighted by atomic mass is 10.1. The Hall–Kier alpha value is -1.22. The Kier molecular flexibility index (Phi) is 3.34. The van der Waals surface area contributed by atoms with Crippen LogP contribution in [-0.2, 0) is 6.54 Å². The van der Waals surface area contributed by atoms with Crippen LogP contribution in [0.5, 0.6) is 11.5 Å². The topological polar surface area (TPSA) is 52.5 Å². The van der Waals surface area contributed by atoms with Crippen molar-refractivity contribution in [3.63, 3.8) is 0 Å². The van der Waals surface area contributed by atoms with E-state index in [-0.39, 0.29) is 11.5 Å². The predicted molar refractivity (Wildman–Crippen MR) is 63.4 cm³/mol. The van der Waals surface area contributed by atoms with Crippen molar-refractivity contribution in [1.82, 2.24) is 5.32 Å². The minimum absolute atomic E-state index is 0.00549. The smallest absolute Gasteiger partial charge is 0.161 e. The molecule has 1 fully saturated rings. The Labute approximate surface area is 96.1 Å². The van der Waals surface area contributed by atoms with Crippen molar-refractivity contribution in [3.8, 4) is 11.5 Å². The van der Waals surface area contributed by atoms with E-state index >= 15 is 0 Å². The van der Waals surface area contributed by atoms with Crippen LogP contribution in [0.15, 0.2) is 18.2 Å². The van der Waals surface area contributed by atoms with Gasteiger partial charge in [-0.15, -0.1) is 0 Å². The Bertz CT molecular complexity index is 361. The molecule has 0 aliphatic heterocycles. The maximum atomic E-state index is 9.59. The summed E-state index contributed by atoms with van der Waals surface area (Å²) < 4.78 is 0. The normalized spacial score (nSPS) is 17.3. The van der Waals surface area contributed by atoms with Crippen LogP contribution >= 0.6 is 0 Å². The molecule has 1 aromatic rings. The molecule has 88 valence electrons. The third kappa shape index (κ3) is 2.67. The molecule has 0 heterocycles. The van der Waals surface area contributed by atoms with Gasteiger partial charge < -0.3 is 15.5 Å². The van der Waals surface area contributed by atoms with Crippen molar-refractivity contribution in [2.75, 3.05) is 6.54 Å². The largest absolute Gasteiger partial charge is 0.504 e. The highest BCUT2D eigenvalue weighted by Crippen LogP contribution is 2.36. The van der Waals surface area contributed by atoms with Crippen LogP contribution in [0.2, 0.25) is 0 Å². The average Bonchev–Trinajstić information content (AvgIpc) is 3.07. The SMILES string of the molecule is CC(CNCc1cccc(O)c1O)C1CC1. The number of nitrogens with one attached hydrogen (secondary N) is 1. The molecule has 1 unspecified atom stereocenters. The Morgan fingerprint density at radius 1 is 1.38 bits per heavy atom. The molecule has 2 rings (SSSR count). The van der Waals surface area contributed by atoms with E-state index in [2.05, 4.69) is 12.2 Å². The molecular formula is C13H19NO2. The van der Waals surface area contributed by atoms with E-state index < -0.39 is 0 Å². The van der Waals surface area contributed by atoms with Crippen LogP contribution in [0, 0.1) is 11.8 Å². The lowest BCUT2D eigenvalue weighted by Crippen LogP contribution is -2.21. The molecule has 1 atom stereocenters. The minimum Gasteiger partial charge on any atom is -0.504 e. The molecule has 3 nitrogen and oxygen atoms in total. The van der Waals surface area contributed by atoms with Crippen LogP contribution in [0.1, 0.15) is 25.3 Å². The zero-order valence-corrected chi connectivity index (χ0v) is 9.61. The second-order valence-corrected chi connectivity index (χ2v) is 4.73. The van der Waals surface area contributed by atoms with Crippen molar-refractivity contribution < 1.29 is 10.2 Å². The van der Waals surface area contributed by atoms with Crippen LogP contribution in [0.25, 0.3) is 0 Å². The first-order valence-electron chi connectivity index (χ1n) is 5.89. The van der Waals surface area contributed by atoms with Crippen molar-refractivity contribution in [3.05, 3.63) is 23.8 Å². The van der Waals surface area contributed by atoms with Crippen LogP contribution in [0.4, 0.5) is 0 Å². The number of hydrogen-bond donors (Lipinski definition) is 3. The van der Waals surface area contributed by atoms with E-state index in [9.17, 15) is 10.2 Å². The fourth-order valence-corrected chi connectivity index (χ4v) is 1.99. The second kappa shape index (κ2) is 4.74.